The van der Waals surface area contributed by atoms with Crippen LogP contribution in [0.3, 0.4) is 0 Å². The number of carboxylic acid groups (broad SMARTS) is 1. The van der Waals surface area contributed by atoms with Gasteiger partial charge in [-0.2, -0.15) is 0 Å². The molecule has 108 valence electrons. The van der Waals surface area contributed by atoms with E-state index in [0.29, 0.717) is 25.9 Å². The minimum atomic E-state index is -0.779. The van der Waals surface area contributed by atoms with Gasteiger partial charge in [0, 0.05) is 19.5 Å². The van der Waals surface area contributed by atoms with Crippen LogP contribution >= 0.6 is 0 Å². The number of carboxylic acids is 1. The number of likely N-dealkylation sites (N-methyl/N-ethyl adjacent to an activating group) is 1. The van der Waals surface area contributed by atoms with Gasteiger partial charge in [0.1, 0.15) is 0 Å². The van der Waals surface area contributed by atoms with Crippen molar-refractivity contribution in [2.45, 2.75) is 45.6 Å². The van der Waals surface area contributed by atoms with Gasteiger partial charge in [-0.05, 0) is 25.3 Å². The summed E-state index contributed by atoms with van der Waals surface area (Å²) in [6.07, 6.45) is 1.85. The Morgan fingerprint density at radius 1 is 1.33 bits per heavy atom. The van der Waals surface area contributed by atoms with Crippen molar-refractivity contribution in [3.05, 3.63) is 0 Å². The van der Waals surface area contributed by atoms with Gasteiger partial charge in [0.15, 0.2) is 0 Å². The van der Waals surface area contributed by atoms with Crippen LogP contribution in [0.2, 0.25) is 0 Å². The average molecular weight is 261 g/mol. The third-order valence-corrected chi connectivity index (χ3v) is 3.28. The zero-order valence-electron chi connectivity index (χ0n) is 11.5. The topological polar surface area (TPSA) is 81.0 Å². The quantitative estimate of drug-likeness (QED) is 0.516. The molecule has 5 heteroatoms. The van der Waals surface area contributed by atoms with Crippen molar-refractivity contribution in [1.82, 2.24) is 4.90 Å². The fourth-order valence-electron chi connectivity index (χ4n) is 2.09. The summed E-state index contributed by atoms with van der Waals surface area (Å²) in [5.41, 5.74) is 0. The first-order valence-corrected chi connectivity index (χ1v) is 6.76. The summed E-state index contributed by atoms with van der Waals surface area (Å²) in [5, 5.41) is 27.5. The fourth-order valence-corrected chi connectivity index (χ4v) is 2.09. The van der Waals surface area contributed by atoms with E-state index in [9.17, 15) is 9.90 Å². The molecule has 0 saturated carbocycles. The maximum Gasteiger partial charge on any atom is 0.303 e. The molecule has 3 N–H and O–H groups in total. The molecule has 2 atom stereocenters. The highest BCUT2D eigenvalue weighted by atomic mass is 16.4. The molecule has 0 rings (SSSR count). The van der Waals surface area contributed by atoms with Crippen LogP contribution < -0.4 is 0 Å². The van der Waals surface area contributed by atoms with Crippen molar-refractivity contribution in [3.63, 3.8) is 0 Å². The SMILES string of the molecule is CCC(CCC(=O)O)CC(O)CN(CC)CCO. The molecule has 0 aromatic carbocycles. The number of aliphatic hydroxyl groups is 2. The van der Waals surface area contributed by atoms with E-state index in [1.54, 1.807) is 0 Å². The molecular formula is C13H27NO4. The lowest BCUT2D eigenvalue weighted by Gasteiger charge is -2.25. The molecule has 0 fully saturated rings. The van der Waals surface area contributed by atoms with E-state index in [1.165, 1.54) is 0 Å². The maximum absolute atomic E-state index is 10.5. The van der Waals surface area contributed by atoms with Gasteiger partial charge in [0.05, 0.1) is 12.7 Å². The van der Waals surface area contributed by atoms with Crippen LogP contribution in [0.15, 0.2) is 0 Å². The second-order valence-corrected chi connectivity index (χ2v) is 4.71. The molecule has 0 bridgehead atoms. The van der Waals surface area contributed by atoms with Gasteiger partial charge in [-0.15, -0.1) is 0 Å². The molecule has 0 aliphatic rings. The first-order chi connectivity index (χ1) is 8.53. The first-order valence-electron chi connectivity index (χ1n) is 6.76. The normalized spacial score (nSPS) is 14.7. The Labute approximate surface area is 109 Å². The van der Waals surface area contributed by atoms with Crippen LogP contribution in [0.25, 0.3) is 0 Å². The van der Waals surface area contributed by atoms with Gasteiger partial charge in [-0.1, -0.05) is 20.3 Å². The summed E-state index contributed by atoms with van der Waals surface area (Å²) in [4.78, 5) is 12.5. The number of aliphatic hydroxyl groups excluding tert-OH is 2. The highest BCUT2D eigenvalue weighted by Gasteiger charge is 2.16. The van der Waals surface area contributed by atoms with Crippen LogP contribution in [0.5, 0.6) is 0 Å². The van der Waals surface area contributed by atoms with E-state index in [2.05, 4.69) is 0 Å². The Bertz CT molecular complexity index is 223. The van der Waals surface area contributed by atoms with Gasteiger partial charge >= 0.3 is 5.97 Å². The number of hydrogen-bond donors (Lipinski definition) is 3. The van der Waals surface area contributed by atoms with Gasteiger partial charge in [0.25, 0.3) is 0 Å². The maximum atomic E-state index is 10.5. The summed E-state index contributed by atoms with van der Waals surface area (Å²) >= 11 is 0. The third-order valence-electron chi connectivity index (χ3n) is 3.28. The van der Waals surface area contributed by atoms with Crippen LogP contribution in [-0.2, 0) is 4.79 Å². The van der Waals surface area contributed by atoms with E-state index in [0.717, 1.165) is 13.0 Å². The average Bonchev–Trinajstić information content (AvgIpc) is 2.33. The van der Waals surface area contributed by atoms with E-state index >= 15 is 0 Å². The molecule has 0 saturated heterocycles. The lowest BCUT2D eigenvalue weighted by atomic mass is 9.93. The zero-order valence-corrected chi connectivity index (χ0v) is 11.5. The van der Waals surface area contributed by atoms with Crippen LogP contribution in [0, 0.1) is 5.92 Å². The Morgan fingerprint density at radius 3 is 2.44 bits per heavy atom. The summed E-state index contributed by atoms with van der Waals surface area (Å²) < 4.78 is 0. The van der Waals surface area contributed by atoms with Gasteiger partial charge in [-0.3, -0.25) is 9.69 Å². The molecule has 2 unspecified atom stereocenters. The lowest BCUT2D eigenvalue weighted by molar-refractivity contribution is -0.137. The third kappa shape index (κ3) is 8.44. The predicted molar refractivity (Wildman–Crippen MR) is 70.5 cm³/mol. The van der Waals surface area contributed by atoms with Gasteiger partial charge < -0.3 is 15.3 Å². The molecule has 0 aromatic heterocycles. The van der Waals surface area contributed by atoms with E-state index in [4.69, 9.17) is 10.2 Å². The van der Waals surface area contributed by atoms with Crippen molar-refractivity contribution in [3.8, 4) is 0 Å². The highest BCUT2D eigenvalue weighted by molar-refractivity contribution is 5.66. The molecule has 0 aliphatic carbocycles. The Balaban J connectivity index is 4.00. The van der Waals surface area contributed by atoms with E-state index in [-0.39, 0.29) is 18.9 Å². The standard InChI is InChI=1S/C13H27NO4/c1-3-11(5-6-13(17)18)9-12(16)10-14(4-2)7-8-15/h11-12,15-16H,3-10H2,1-2H3,(H,17,18). The zero-order chi connectivity index (χ0) is 14.0. The van der Waals surface area contributed by atoms with Crippen molar-refractivity contribution in [2.75, 3.05) is 26.2 Å². The molecule has 0 amide bonds. The minimum Gasteiger partial charge on any atom is -0.481 e. The molecule has 0 spiro atoms. The number of nitrogens with zero attached hydrogens (tertiary/aromatic N) is 1. The Hall–Kier alpha value is -0.650. The molecule has 0 aliphatic heterocycles. The van der Waals surface area contributed by atoms with Crippen molar-refractivity contribution in [1.29, 1.82) is 0 Å². The number of rotatable bonds is 11. The van der Waals surface area contributed by atoms with Crippen molar-refractivity contribution < 1.29 is 20.1 Å². The summed E-state index contributed by atoms with van der Waals surface area (Å²) in [5.74, 6) is -0.526. The number of carbonyl (C=O) groups is 1. The van der Waals surface area contributed by atoms with Gasteiger partial charge in [-0.25, -0.2) is 0 Å². The van der Waals surface area contributed by atoms with Gasteiger partial charge in [0.2, 0.25) is 0 Å². The lowest BCUT2D eigenvalue weighted by Crippen LogP contribution is -2.35. The molecular weight excluding hydrogens is 234 g/mol. The summed E-state index contributed by atoms with van der Waals surface area (Å²) in [6, 6.07) is 0. The smallest absolute Gasteiger partial charge is 0.303 e. The second-order valence-electron chi connectivity index (χ2n) is 4.71. The van der Waals surface area contributed by atoms with Crippen molar-refractivity contribution in [2.24, 2.45) is 5.92 Å². The number of aliphatic carboxylic acids is 1. The largest absolute Gasteiger partial charge is 0.481 e. The van der Waals surface area contributed by atoms with E-state index in [1.807, 2.05) is 18.7 Å². The molecule has 18 heavy (non-hydrogen) atoms. The molecule has 0 heterocycles. The Morgan fingerprint density at radius 2 is 2.00 bits per heavy atom. The molecule has 0 radical (unpaired) electrons. The molecule has 0 aromatic rings. The minimum absolute atomic E-state index is 0.0940. The highest BCUT2D eigenvalue weighted by Crippen LogP contribution is 2.18. The number of hydrogen-bond acceptors (Lipinski definition) is 4. The Kier molecular flexibility index (Phi) is 9.92. The van der Waals surface area contributed by atoms with E-state index < -0.39 is 12.1 Å². The van der Waals surface area contributed by atoms with Crippen LogP contribution in [0.1, 0.15) is 39.5 Å². The van der Waals surface area contributed by atoms with Crippen LogP contribution in [-0.4, -0.2) is 58.5 Å². The first kappa shape index (κ1) is 17.4. The summed E-state index contributed by atoms with van der Waals surface area (Å²) in [6.45, 7) is 6.01. The van der Waals surface area contributed by atoms with Crippen LogP contribution in [0.4, 0.5) is 0 Å². The van der Waals surface area contributed by atoms with Crippen molar-refractivity contribution >= 4 is 5.97 Å². The fraction of sp³-hybridized carbons (Fsp3) is 0.923. The monoisotopic (exact) mass is 261 g/mol. The predicted octanol–water partition coefficient (Wildman–Crippen LogP) is 0.943. The summed E-state index contributed by atoms with van der Waals surface area (Å²) in [7, 11) is 0. The second kappa shape index (κ2) is 10.3. The molecule has 5 nitrogen and oxygen atoms in total.